The fourth-order valence-electron chi connectivity index (χ4n) is 1.58. The third kappa shape index (κ3) is 3.74. The van der Waals surface area contributed by atoms with E-state index in [1.165, 1.54) is 0 Å². The summed E-state index contributed by atoms with van der Waals surface area (Å²) in [6, 6.07) is 7.64. The van der Waals surface area contributed by atoms with Gasteiger partial charge in [-0.15, -0.1) is 5.73 Å². The van der Waals surface area contributed by atoms with E-state index < -0.39 is 0 Å². The molecule has 0 saturated carbocycles. The van der Waals surface area contributed by atoms with Crippen molar-refractivity contribution in [3.8, 4) is 0 Å². The van der Waals surface area contributed by atoms with Gasteiger partial charge < -0.3 is 5.11 Å². The van der Waals surface area contributed by atoms with Crippen LogP contribution in [0.1, 0.15) is 33.3 Å². The van der Waals surface area contributed by atoms with Crippen molar-refractivity contribution in [1.82, 2.24) is 0 Å². The zero-order valence-electron chi connectivity index (χ0n) is 10.8. The molecule has 1 aromatic rings. The number of rotatable bonds is 3. The monoisotopic (exact) mass is 250 g/mol. The molecule has 17 heavy (non-hydrogen) atoms. The van der Waals surface area contributed by atoms with Crippen LogP contribution in [-0.4, -0.2) is 11.7 Å². The normalized spacial score (nSPS) is 10.9. The summed E-state index contributed by atoms with van der Waals surface area (Å²) >= 11 is 5.89. The summed E-state index contributed by atoms with van der Waals surface area (Å²) in [4.78, 5) is 0. The molecule has 1 nitrogen and oxygen atoms in total. The average Bonchev–Trinajstić information content (AvgIpc) is 2.27. The third-order valence-electron chi connectivity index (χ3n) is 2.58. The standard InChI is InChI=1S/C15H19ClO/c1-11(2)9-14(15(3,4)10-17)12-5-7-13(16)8-6-12/h5-8,17H,10H2,1-4H3. The van der Waals surface area contributed by atoms with Crippen molar-refractivity contribution >= 4 is 17.2 Å². The zero-order valence-corrected chi connectivity index (χ0v) is 11.6. The summed E-state index contributed by atoms with van der Waals surface area (Å²) in [5.74, 6) is 0. The average molecular weight is 251 g/mol. The van der Waals surface area contributed by atoms with Crippen LogP contribution in [0.15, 0.2) is 35.6 Å². The molecule has 1 aromatic carbocycles. The first-order valence-corrected chi connectivity index (χ1v) is 6.06. The third-order valence-corrected chi connectivity index (χ3v) is 2.83. The fraction of sp³-hybridized carbons (Fsp3) is 0.400. The number of benzene rings is 1. The molecule has 0 atom stereocenters. The Kier molecular flexibility index (Phi) is 4.59. The molecule has 0 spiro atoms. The SMILES string of the molecule is CC(C)=C=C(c1ccc(Cl)cc1)C(C)(C)CO. The van der Waals surface area contributed by atoms with Gasteiger partial charge in [0.05, 0.1) is 6.61 Å². The predicted molar refractivity (Wildman–Crippen MR) is 74.1 cm³/mol. The largest absolute Gasteiger partial charge is 0.395 e. The molecule has 92 valence electrons. The summed E-state index contributed by atoms with van der Waals surface area (Å²) in [6.45, 7) is 8.11. The van der Waals surface area contributed by atoms with E-state index >= 15 is 0 Å². The molecule has 0 aromatic heterocycles. The summed E-state index contributed by atoms with van der Waals surface area (Å²) in [5, 5.41) is 10.2. The number of hydrogen-bond acceptors (Lipinski definition) is 1. The molecule has 0 aliphatic carbocycles. The van der Waals surface area contributed by atoms with Gasteiger partial charge in [-0.3, -0.25) is 0 Å². The number of hydrogen-bond donors (Lipinski definition) is 1. The highest BCUT2D eigenvalue weighted by atomic mass is 35.5. The number of halogens is 1. The highest BCUT2D eigenvalue weighted by Crippen LogP contribution is 2.34. The van der Waals surface area contributed by atoms with Crippen LogP contribution >= 0.6 is 11.6 Å². The summed E-state index contributed by atoms with van der Waals surface area (Å²) in [7, 11) is 0. The lowest BCUT2D eigenvalue weighted by molar-refractivity contribution is 0.207. The Morgan fingerprint density at radius 2 is 1.76 bits per heavy atom. The van der Waals surface area contributed by atoms with Crippen LogP contribution in [0.2, 0.25) is 5.02 Å². The van der Waals surface area contributed by atoms with Gasteiger partial charge in [0.2, 0.25) is 0 Å². The van der Waals surface area contributed by atoms with Crippen molar-refractivity contribution in [3.05, 3.63) is 46.2 Å². The smallest absolute Gasteiger partial charge is 0.0528 e. The summed E-state index contributed by atoms with van der Waals surface area (Å²) in [6.07, 6.45) is 0. The first-order chi connectivity index (χ1) is 7.86. The van der Waals surface area contributed by atoms with Crippen LogP contribution in [0.3, 0.4) is 0 Å². The summed E-state index contributed by atoms with van der Waals surface area (Å²) in [5.41, 5.74) is 6.18. The van der Waals surface area contributed by atoms with Crippen LogP contribution < -0.4 is 0 Å². The molecule has 0 saturated heterocycles. The molecule has 2 heteroatoms. The van der Waals surface area contributed by atoms with Crippen LogP contribution in [-0.2, 0) is 0 Å². The second-order valence-corrected chi connectivity index (χ2v) is 5.49. The van der Waals surface area contributed by atoms with E-state index in [2.05, 4.69) is 5.73 Å². The van der Waals surface area contributed by atoms with E-state index in [1.54, 1.807) is 0 Å². The first-order valence-electron chi connectivity index (χ1n) is 5.68. The Balaban J connectivity index is 3.37. The topological polar surface area (TPSA) is 20.2 Å². The van der Waals surface area contributed by atoms with E-state index in [-0.39, 0.29) is 12.0 Å². The van der Waals surface area contributed by atoms with Crippen LogP contribution in [0, 0.1) is 5.41 Å². The van der Waals surface area contributed by atoms with Crippen LogP contribution in [0.4, 0.5) is 0 Å². The number of aliphatic hydroxyl groups is 1. The molecule has 0 bridgehead atoms. The lowest BCUT2D eigenvalue weighted by Crippen LogP contribution is -2.18. The van der Waals surface area contributed by atoms with E-state index in [9.17, 15) is 5.11 Å². The van der Waals surface area contributed by atoms with Gasteiger partial charge in [0.25, 0.3) is 0 Å². The van der Waals surface area contributed by atoms with Crippen molar-refractivity contribution in [2.45, 2.75) is 27.7 Å². The van der Waals surface area contributed by atoms with Gasteiger partial charge in [0.15, 0.2) is 0 Å². The number of aliphatic hydroxyl groups excluding tert-OH is 1. The molecule has 0 aliphatic rings. The second kappa shape index (κ2) is 5.55. The summed E-state index contributed by atoms with van der Waals surface area (Å²) < 4.78 is 0. The Morgan fingerprint density at radius 1 is 1.24 bits per heavy atom. The molecule has 1 rings (SSSR count). The maximum atomic E-state index is 9.50. The van der Waals surface area contributed by atoms with E-state index in [0.29, 0.717) is 5.02 Å². The molecule has 0 unspecified atom stereocenters. The molecular weight excluding hydrogens is 232 g/mol. The Hall–Kier alpha value is -1.01. The quantitative estimate of drug-likeness (QED) is 0.793. The molecule has 0 radical (unpaired) electrons. The second-order valence-electron chi connectivity index (χ2n) is 5.05. The minimum absolute atomic E-state index is 0.0885. The highest BCUT2D eigenvalue weighted by Gasteiger charge is 2.23. The predicted octanol–water partition coefficient (Wildman–Crippen LogP) is 4.31. The maximum Gasteiger partial charge on any atom is 0.0528 e. The molecule has 1 N–H and O–H groups in total. The maximum absolute atomic E-state index is 9.50. The van der Waals surface area contributed by atoms with E-state index in [0.717, 1.165) is 16.7 Å². The highest BCUT2D eigenvalue weighted by molar-refractivity contribution is 6.30. The minimum atomic E-state index is -0.314. The molecular formula is C15H19ClO. The Morgan fingerprint density at radius 3 is 2.18 bits per heavy atom. The lowest BCUT2D eigenvalue weighted by Gasteiger charge is -2.24. The van der Waals surface area contributed by atoms with E-state index in [1.807, 2.05) is 52.0 Å². The Labute approximate surface area is 108 Å². The van der Waals surface area contributed by atoms with Gasteiger partial charge in [-0.1, -0.05) is 37.6 Å². The fourth-order valence-corrected chi connectivity index (χ4v) is 1.70. The van der Waals surface area contributed by atoms with Gasteiger partial charge in [-0.25, -0.2) is 0 Å². The van der Waals surface area contributed by atoms with Gasteiger partial charge >= 0.3 is 0 Å². The van der Waals surface area contributed by atoms with Crippen LogP contribution in [0.5, 0.6) is 0 Å². The van der Waals surface area contributed by atoms with Crippen molar-refractivity contribution in [3.63, 3.8) is 0 Å². The first kappa shape index (κ1) is 14.1. The van der Waals surface area contributed by atoms with Crippen molar-refractivity contribution in [2.24, 2.45) is 5.41 Å². The molecule has 0 heterocycles. The van der Waals surface area contributed by atoms with Crippen molar-refractivity contribution in [2.75, 3.05) is 6.61 Å². The van der Waals surface area contributed by atoms with Crippen molar-refractivity contribution in [1.29, 1.82) is 0 Å². The van der Waals surface area contributed by atoms with Gasteiger partial charge in [-0.05, 0) is 37.1 Å². The van der Waals surface area contributed by atoms with Gasteiger partial charge in [0.1, 0.15) is 0 Å². The van der Waals surface area contributed by atoms with Crippen LogP contribution in [0.25, 0.3) is 5.57 Å². The van der Waals surface area contributed by atoms with E-state index in [4.69, 9.17) is 11.6 Å². The Bertz CT molecular complexity index is 444. The minimum Gasteiger partial charge on any atom is -0.395 e. The zero-order chi connectivity index (χ0) is 13.1. The lowest BCUT2D eigenvalue weighted by atomic mass is 9.81. The van der Waals surface area contributed by atoms with Gasteiger partial charge in [-0.2, -0.15) is 0 Å². The molecule has 0 amide bonds. The molecule has 0 fully saturated rings. The molecule has 0 aliphatic heterocycles. The van der Waals surface area contributed by atoms with Gasteiger partial charge in [0, 0.05) is 16.0 Å². The van der Waals surface area contributed by atoms with Crippen molar-refractivity contribution < 1.29 is 5.11 Å².